The highest BCUT2D eigenvalue weighted by Crippen LogP contribution is 2.29. The molecule has 0 aliphatic carbocycles. The van der Waals surface area contributed by atoms with Crippen molar-refractivity contribution < 1.29 is 27.5 Å². The Labute approximate surface area is 190 Å². The normalized spacial score (nSPS) is 13.9. The second kappa shape index (κ2) is 9.25. The highest BCUT2D eigenvalue weighted by atomic mass is 32.2. The SMILES string of the molecule is O=C(NCCc1ccccc1)c1ccc(C(=O)OCN2C(=O)c3ccccc3S2(=O)=O)cc1. The van der Waals surface area contributed by atoms with Crippen molar-refractivity contribution in [2.24, 2.45) is 0 Å². The highest BCUT2D eigenvalue weighted by Gasteiger charge is 2.41. The molecule has 168 valence electrons. The van der Waals surface area contributed by atoms with E-state index in [4.69, 9.17) is 4.74 Å². The average Bonchev–Trinajstić information content (AvgIpc) is 3.03. The van der Waals surface area contributed by atoms with Crippen molar-refractivity contribution in [1.29, 1.82) is 0 Å². The molecule has 8 nitrogen and oxygen atoms in total. The van der Waals surface area contributed by atoms with E-state index in [1.807, 2.05) is 30.3 Å². The summed E-state index contributed by atoms with van der Waals surface area (Å²) in [5, 5.41) is 2.81. The lowest BCUT2D eigenvalue weighted by molar-refractivity contribution is 0.0357. The van der Waals surface area contributed by atoms with Crippen molar-refractivity contribution in [3.8, 4) is 0 Å². The van der Waals surface area contributed by atoms with Crippen LogP contribution in [0.5, 0.6) is 0 Å². The fourth-order valence-corrected chi connectivity index (χ4v) is 4.81. The Kier molecular flexibility index (Phi) is 6.23. The van der Waals surface area contributed by atoms with Crippen LogP contribution in [-0.4, -0.2) is 43.8 Å². The Morgan fingerprint density at radius 3 is 2.18 bits per heavy atom. The average molecular weight is 464 g/mol. The quantitative estimate of drug-likeness (QED) is 0.539. The van der Waals surface area contributed by atoms with E-state index in [2.05, 4.69) is 5.32 Å². The van der Waals surface area contributed by atoms with E-state index in [9.17, 15) is 22.8 Å². The minimum absolute atomic E-state index is 0.0381. The summed E-state index contributed by atoms with van der Waals surface area (Å²) in [4.78, 5) is 36.9. The van der Waals surface area contributed by atoms with Crippen molar-refractivity contribution >= 4 is 27.8 Å². The number of sulfonamides is 1. The second-order valence-corrected chi connectivity index (χ2v) is 9.12. The topological polar surface area (TPSA) is 110 Å². The summed E-state index contributed by atoms with van der Waals surface area (Å²) >= 11 is 0. The van der Waals surface area contributed by atoms with Crippen LogP contribution in [0.1, 0.15) is 36.6 Å². The largest absolute Gasteiger partial charge is 0.439 e. The molecule has 1 aliphatic rings. The number of carbonyl (C=O) groups is 3. The number of hydrogen-bond donors (Lipinski definition) is 1. The molecule has 1 heterocycles. The third kappa shape index (κ3) is 4.63. The molecule has 33 heavy (non-hydrogen) atoms. The lowest BCUT2D eigenvalue weighted by Gasteiger charge is -2.15. The summed E-state index contributed by atoms with van der Waals surface area (Å²) in [7, 11) is -4.07. The van der Waals surface area contributed by atoms with E-state index < -0.39 is 28.6 Å². The molecule has 0 fully saturated rings. The zero-order chi connectivity index (χ0) is 23.4. The molecule has 0 spiro atoms. The molecule has 3 aromatic rings. The lowest BCUT2D eigenvalue weighted by Crippen LogP contribution is -2.33. The van der Waals surface area contributed by atoms with Gasteiger partial charge in [0.15, 0.2) is 6.73 Å². The first-order valence-corrected chi connectivity index (χ1v) is 11.6. The first-order chi connectivity index (χ1) is 15.9. The Hall–Kier alpha value is -3.98. The molecule has 0 unspecified atom stereocenters. The van der Waals surface area contributed by atoms with Crippen LogP contribution in [0, 0.1) is 0 Å². The predicted octanol–water partition coefficient (Wildman–Crippen LogP) is 2.62. The van der Waals surface area contributed by atoms with Crippen LogP contribution in [0.15, 0.2) is 83.8 Å². The summed E-state index contributed by atoms with van der Waals surface area (Å²) in [5.74, 6) is -1.84. The standard InChI is InChI=1S/C24H20N2O6S/c27-22(25-15-14-17-6-2-1-3-7-17)18-10-12-19(13-11-18)24(29)32-16-26-23(28)20-8-4-5-9-21(20)33(26,30)31/h1-13H,14-16H2,(H,25,27). The fourth-order valence-electron chi connectivity index (χ4n) is 3.38. The van der Waals surface area contributed by atoms with Crippen LogP contribution >= 0.6 is 0 Å². The molecule has 2 amide bonds. The number of rotatable bonds is 7. The zero-order valence-corrected chi connectivity index (χ0v) is 18.2. The lowest BCUT2D eigenvalue weighted by atomic mass is 10.1. The van der Waals surface area contributed by atoms with Gasteiger partial charge in [-0.25, -0.2) is 13.2 Å². The number of nitrogens with one attached hydrogen (secondary N) is 1. The van der Waals surface area contributed by atoms with Crippen LogP contribution in [0.25, 0.3) is 0 Å². The Bertz CT molecular complexity index is 1300. The molecule has 0 bridgehead atoms. The van der Waals surface area contributed by atoms with E-state index in [1.54, 1.807) is 6.07 Å². The number of benzene rings is 3. The minimum Gasteiger partial charge on any atom is -0.439 e. The predicted molar refractivity (Wildman–Crippen MR) is 119 cm³/mol. The molecule has 9 heteroatoms. The third-order valence-electron chi connectivity index (χ3n) is 5.15. The number of amides is 2. The van der Waals surface area contributed by atoms with Gasteiger partial charge in [-0.1, -0.05) is 42.5 Å². The number of esters is 1. The van der Waals surface area contributed by atoms with Crippen molar-refractivity contribution in [2.75, 3.05) is 13.3 Å². The van der Waals surface area contributed by atoms with Gasteiger partial charge < -0.3 is 10.1 Å². The second-order valence-electron chi connectivity index (χ2n) is 7.28. The number of nitrogens with zero attached hydrogens (tertiary/aromatic N) is 1. The smallest absolute Gasteiger partial charge is 0.339 e. The summed E-state index contributed by atoms with van der Waals surface area (Å²) in [6.45, 7) is -0.274. The molecule has 1 aliphatic heterocycles. The molecule has 4 rings (SSSR count). The molecule has 0 aromatic heterocycles. The van der Waals surface area contributed by atoms with Gasteiger partial charge in [-0.05, 0) is 48.4 Å². The third-order valence-corrected chi connectivity index (χ3v) is 6.91. The summed E-state index contributed by atoms with van der Waals surface area (Å²) in [6, 6.07) is 21.3. The minimum atomic E-state index is -4.07. The van der Waals surface area contributed by atoms with Gasteiger partial charge in [-0.15, -0.1) is 0 Å². The Morgan fingerprint density at radius 1 is 0.848 bits per heavy atom. The summed E-state index contributed by atoms with van der Waals surface area (Å²) < 4.78 is 30.6. The molecule has 1 N–H and O–H groups in total. The van der Waals surface area contributed by atoms with Crippen LogP contribution in [-0.2, 0) is 21.2 Å². The monoisotopic (exact) mass is 464 g/mol. The van der Waals surface area contributed by atoms with Gasteiger partial charge in [0.1, 0.15) is 4.90 Å². The fraction of sp³-hybridized carbons (Fsp3) is 0.125. The first-order valence-electron chi connectivity index (χ1n) is 10.1. The number of fused-ring (bicyclic) bond motifs is 1. The molecule has 0 radical (unpaired) electrons. The molecule has 0 saturated heterocycles. The van der Waals surface area contributed by atoms with Gasteiger partial charge in [-0.2, -0.15) is 4.31 Å². The number of carbonyl (C=O) groups excluding carboxylic acids is 3. The van der Waals surface area contributed by atoms with Crippen LogP contribution in [0.2, 0.25) is 0 Å². The number of ether oxygens (including phenoxy) is 1. The van der Waals surface area contributed by atoms with E-state index in [-0.39, 0.29) is 21.9 Å². The van der Waals surface area contributed by atoms with E-state index in [0.29, 0.717) is 22.8 Å². The molecular formula is C24H20N2O6S. The van der Waals surface area contributed by atoms with Gasteiger partial charge in [0.2, 0.25) is 0 Å². The van der Waals surface area contributed by atoms with Gasteiger partial charge in [-0.3, -0.25) is 9.59 Å². The van der Waals surface area contributed by atoms with Crippen molar-refractivity contribution in [1.82, 2.24) is 9.62 Å². The van der Waals surface area contributed by atoms with Crippen LogP contribution in [0.3, 0.4) is 0 Å². The zero-order valence-electron chi connectivity index (χ0n) is 17.4. The molecular weight excluding hydrogens is 444 g/mol. The molecule has 0 atom stereocenters. The highest BCUT2D eigenvalue weighted by molar-refractivity contribution is 7.90. The van der Waals surface area contributed by atoms with Crippen molar-refractivity contribution in [3.63, 3.8) is 0 Å². The maximum absolute atomic E-state index is 12.5. The van der Waals surface area contributed by atoms with E-state index >= 15 is 0 Å². The van der Waals surface area contributed by atoms with Crippen molar-refractivity contribution in [3.05, 3.63) is 101 Å². The van der Waals surface area contributed by atoms with Gasteiger partial charge >= 0.3 is 5.97 Å². The van der Waals surface area contributed by atoms with Crippen molar-refractivity contribution in [2.45, 2.75) is 11.3 Å². The van der Waals surface area contributed by atoms with E-state index in [0.717, 1.165) is 5.56 Å². The van der Waals surface area contributed by atoms with Gasteiger partial charge in [0.25, 0.3) is 21.8 Å². The van der Waals surface area contributed by atoms with Crippen LogP contribution < -0.4 is 5.32 Å². The first kappa shape index (κ1) is 22.2. The van der Waals surface area contributed by atoms with Gasteiger partial charge in [0.05, 0.1) is 11.1 Å². The summed E-state index contributed by atoms with van der Waals surface area (Å²) in [6.07, 6.45) is 0.693. The maximum atomic E-state index is 12.5. The summed E-state index contributed by atoms with van der Waals surface area (Å²) in [5.41, 5.74) is 1.64. The molecule has 3 aromatic carbocycles. The Balaban J connectivity index is 1.32. The Morgan fingerprint density at radius 2 is 1.48 bits per heavy atom. The van der Waals surface area contributed by atoms with Gasteiger partial charge in [0, 0.05) is 12.1 Å². The molecule has 0 saturated carbocycles. The number of hydrogen-bond acceptors (Lipinski definition) is 6. The van der Waals surface area contributed by atoms with Crippen LogP contribution in [0.4, 0.5) is 0 Å². The van der Waals surface area contributed by atoms with E-state index in [1.165, 1.54) is 42.5 Å². The maximum Gasteiger partial charge on any atom is 0.339 e.